The van der Waals surface area contributed by atoms with Crippen LogP contribution in [0.3, 0.4) is 0 Å². The molecule has 0 unspecified atom stereocenters. The van der Waals surface area contributed by atoms with E-state index in [0.717, 1.165) is 0 Å². The number of carbonyl (C=O) groups is 2. The van der Waals surface area contributed by atoms with E-state index in [1.54, 1.807) is 13.8 Å². The Labute approximate surface area is 96.2 Å². The number of hydrogen-bond donors (Lipinski definition) is 2. The zero-order chi connectivity index (χ0) is 12.6. The zero-order valence-electron chi connectivity index (χ0n) is 10.2. The summed E-state index contributed by atoms with van der Waals surface area (Å²) in [4.78, 5) is 22.2. The van der Waals surface area contributed by atoms with Crippen LogP contribution in [0.1, 0.15) is 33.6 Å². The minimum absolute atomic E-state index is 0.117. The van der Waals surface area contributed by atoms with E-state index < -0.39 is 12.0 Å². The molecule has 0 aliphatic rings. The van der Waals surface area contributed by atoms with Gasteiger partial charge in [0.15, 0.2) is 0 Å². The topological polar surface area (TPSA) is 75.6 Å². The van der Waals surface area contributed by atoms with E-state index in [4.69, 9.17) is 9.84 Å². The lowest BCUT2D eigenvalue weighted by Gasteiger charge is -2.17. The first kappa shape index (κ1) is 14.9. The molecule has 1 amide bonds. The second-order valence-corrected chi connectivity index (χ2v) is 3.93. The van der Waals surface area contributed by atoms with E-state index in [-0.39, 0.29) is 11.8 Å². The first-order chi connectivity index (χ1) is 7.49. The molecule has 0 rings (SSSR count). The van der Waals surface area contributed by atoms with Gasteiger partial charge in [0.05, 0.1) is 0 Å². The van der Waals surface area contributed by atoms with Crippen molar-refractivity contribution in [2.45, 2.75) is 39.7 Å². The number of ether oxygens (including phenoxy) is 1. The smallest absolute Gasteiger partial charge is 0.326 e. The molecule has 0 aliphatic carbocycles. The van der Waals surface area contributed by atoms with Gasteiger partial charge in [-0.05, 0) is 19.3 Å². The van der Waals surface area contributed by atoms with Crippen LogP contribution in [0.4, 0.5) is 0 Å². The molecule has 94 valence electrons. The highest BCUT2D eigenvalue weighted by molar-refractivity contribution is 5.83. The van der Waals surface area contributed by atoms with Gasteiger partial charge in [0.25, 0.3) is 0 Å². The maximum Gasteiger partial charge on any atom is 0.326 e. The van der Waals surface area contributed by atoms with Crippen molar-refractivity contribution in [2.24, 2.45) is 5.92 Å². The number of carboxylic acid groups (broad SMARTS) is 1. The van der Waals surface area contributed by atoms with Crippen molar-refractivity contribution >= 4 is 11.9 Å². The van der Waals surface area contributed by atoms with Gasteiger partial charge in [0.1, 0.15) is 6.04 Å². The summed E-state index contributed by atoms with van der Waals surface area (Å²) in [5, 5.41) is 11.4. The molecule has 0 aromatic heterocycles. The van der Waals surface area contributed by atoms with Gasteiger partial charge in [0, 0.05) is 19.6 Å². The Balaban J connectivity index is 3.87. The van der Waals surface area contributed by atoms with Gasteiger partial charge in [-0.2, -0.15) is 0 Å². The van der Waals surface area contributed by atoms with Crippen molar-refractivity contribution in [3.05, 3.63) is 0 Å². The monoisotopic (exact) mass is 231 g/mol. The van der Waals surface area contributed by atoms with Crippen molar-refractivity contribution in [3.63, 3.8) is 0 Å². The fourth-order valence-corrected chi connectivity index (χ4v) is 1.24. The molecule has 0 aromatic carbocycles. The van der Waals surface area contributed by atoms with E-state index in [1.165, 1.54) is 0 Å². The fourth-order valence-electron chi connectivity index (χ4n) is 1.24. The van der Waals surface area contributed by atoms with E-state index in [2.05, 4.69) is 5.32 Å². The lowest BCUT2D eigenvalue weighted by Crippen LogP contribution is -2.44. The minimum atomic E-state index is -0.992. The van der Waals surface area contributed by atoms with E-state index in [0.29, 0.717) is 26.1 Å². The van der Waals surface area contributed by atoms with Gasteiger partial charge in [-0.1, -0.05) is 13.8 Å². The largest absolute Gasteiger partial charge is 0.480 e. The number of amides is 1. The average molecular weight is 231 g/mol. The molecule has 0 saturated carbocycles. The lowest BCUT2D eigenvalue weighted by molar-refractivity contribution is -0.143. The van der Waals surface area contributed by atoms with Crippen molar-refractivity contribution in [1.82, 2.24) is 5.32 Å². The van der Waals surface area contributed by atoms with Crippen LogP contribution in [-0.4, -0.2) is 36.2 Å². The number of carboxylic acids is 1. The predicted octanol–water partition coefficient (Wildman–Crippen LogP) is 1.03. The maximum atomic E-state index is 11.4. The highest BCUT2D eigenvalue weighted by atomic mass is 16.5. The number of hydrogen-bond acceptors (Lipinski definition) is 3. The van der Waals surface area contributed by atoms with Crippen molar-refractivity contribution in [1.29, 1.82) is 0 Å². The fraction of sp³-hybridized carbons (Fsp3) is 0.818. The number of aliphatic carboxylic acids is 1. The molecule has 0 radical (unpaired) electrons. The van der Waals surface area contributed by atoms with Crippen molar-refractivity contribution < 1.29 is 19.4 Å². The molecule has 0 aromatic rings. The Morgan fingerprint density at radius 2 is 2.00 bits per heavy atom. The van der Waals surface area contributed by atoms with Crippen LogP contribution >= 0.6 is 0 Å². The molecule has 5 heteroatoms. The minimum Gasteiger partial charge on any atom is -0.480 e. The molecule has 0 heterocycles. The first-order valence-corrected chi connectivity index (χ1v) is 5.59. The summed E-state index contributed by atoms with van der Waals surface area (Å²) >= 11 is 0. The van der Waals surface area contributed by atoms with E-state index in [1.807, 2.05) is 6.92 Å². The van der Waals surface area contributed by atoms with Crippen LogP contribution in [-0.2, 0) is 14.3 Å². The van der Waals surface area contributed by atoms with Crippen LogP contribution in [0.2, 0.25) is 0 Å². The van der Waals surface area contributed by atoms with Gasteiger partial charge in [0.2, 0.25) is 5.91 Å². The summed E-state index contributed by atoms with van der Waals surface area (Å²) in [7, 11) is 0. The summed E-state index contributed by atoms with van der Waals surface area (Å²) in [5.41, 5.74) is 0. The standard InChI is InChI=1S/C11H21NO4/c1-4-16-7-5-6-9(13)12-10(8(2)3)11(14)15/h8,10H,4-7H2,1-3H3,(H,12,13)(H,14,15)/t10-/m0/s1. The molecule has 2 N–H and O–H groups in total. The second kappa shape index (κ2) is 8.10. The molecule has 1 atom stereocenters. The maximum absolute atomic E-state index is 11.4. The zero-order valence-corrected chi connectivity index (χ0v) is 10.2. The van der Waals surface area contributed by atoms with E-state index >= 15 is 0 Å². The predicted molar refractivity (Wildman–Crippen MR) is 60.1 cm³/mol. The molecule has 0 bridgehead atoms. The quantitative estimate of drug-likeness (QED) is 0.612. The first-order valence-electron chi connectivity index (χ1n) is 5.59. The third kappa shape index (κ3) is 6.40. The van der Waals surface area contributed by atoms with Crippen LogP contribution in [0.5, 0.6) is 0 Å². The molecule has 5 nitrogen and oxygen atoms in total. The van der Waals surface area contributed by atoms with Crippen LogP contribution in [0.15, 0.2) is 0 Å². The molecular formula is C11H21NO4. The second-order valence-electron chi connectivity index (χ2n) is 3.93. The Kier molecular flexibility index (Phi) is 7.54. The summed E-state index contributed by atoms with van der Waals surface area (Å²) in [5.74, 6) is -1.35. The van der Waals surface area contributed by atoms with Gasteiger partial charge in [-0.25, -0.2) is 4.79 Å². The summed E-state index contributed by atoms with van der Waals surface area (Å²) < 4.78 is 5.09. The average Bonchev–Trinajstić information content (AvgIpc) is 2.20. The Hall–Kier alpha value is -1.10. The normalized spacial score (nSPS) is 12.5. The summed E-state index contributed by atoms with van der Waals surface area (Å²) in [6.45, 7) is 6.58. The Morgan fingerprint density at radius 3 is 2.44 bits per heavy atom. The Bertz CT molecular complexity index is 228. The van der Waals surface area contributed by atoms with Gasteiger partial charge >= 0.3 is 5.97 Å². The molecule has 0 aliphatic heterocycles. The van der Waals surface area contributed by atoms with Crippen LogP contribution < -0.4 is 5.32 Å². The highest BCUT2D eigenvalue weighted by Crippen LogP contribution is 2.02. The van der Waals surface area contributed by atoms with Gasteiger partial charge < -0.3 is 15.2 Å². The number of carbonyl (C=O) groups excluding carboxylic acids is 1. The molecule has 0 spiro atoms. The third-order valence-electron chi connectivity index (χ3n) is 2.15. The SMILES string of the molecule is CCOCCCC(=O)N[C@H](C(=O)O)C(C)C. The van der Waals surface area contributed by atoms with Crippen molar-refractivity contribution in [2.75, 3.05) is 13.2 Å². The van der Waals surface area contributed by atoms with Crippen LogP contribution in [0, 0.1) is 5.92 Å². The Morgan fingerprint density at radius 1 is 1.38 bits per heavy atom. The lowest BCUT2D eigenvalue weighted by atomic mass is 10.0. The molecule has 16 heavy (non-hydrogen) atoms. The molecular weight excluding hydrogens is 210 g/mol. The highest BCUT2D eigenvalue weighted by Gasteiger charge is 2.22. The summed E-state index contributed by atoms with van der Waals surface area (Å²) in [6.07, 6.45) is 0.917. The molecule has 0 saturated heterocycles. The van der Waals surface area contributed by atoms with Crippen molar-refractivity contribution in [3.8, 4) is 0 Å². The molecule has 0 fully saturated rings. The van der Waals surface area contributed by atoms with E-state index in [9.17, 15) is 9.59 Å². The van der Waals surface area contributed by atoms with Gasteiger partial charge in [-0.3, -0.25) is 4.79 Å². The number of nitrogens with one attached hydrogen (secondary N) is 1. The summed E-state index contributed by atoms with van der Waals surface area (Å²) in [6, 6.07) is -0.806. The van der Waals surface area contributed by atoms with Gasteiger partial charge in [-0.15, -0.1) is 0 Å². The van der Waals surface area contributed by atoms with Crippen LogP contribution in [0.25, 0.3) is 0 Å². The third-order valence-corrected chi connectivity index (χ3v) is 2.15. The number of rotatable bonds is 8.